The Morgan fingerprint density at radius 2 is 1.71 bits per heavy atom. The van der Waals surface area contributed by atoms with Crippen LogP contribution in [0, 0.1) is 0 Å². The number of hydrogen-bond donors (Lipinski definition) is 2. The fourth-order valence-corrected chi connectivity index (χ4v) is 3.07. The molecule has 0 saturated heterocycles. The molecule has 8 nitrogen and oxygen atoms in total. The van der Waals surface area contributed by atoms with Crippen molar-refractivity contribution in [1.29, 1.82) is 0 Å². The van der Waals surface area contributed by atoms with E-state index in [9.17, 15) is 9.90 Å². The van der Waals surface area contributed by atoms with Crippen molar-refractivity contribution in [1.82, 2.24) is 9.97 Å². The molecule has 31 heavy (non-hydrogen) atoms. The molecule has 162 valence electrons. The van der Waals surface area contributed by atoms with E-state index in [1.807, 2.05) is 37.3 Å². The average Bonchev–Trinajstić information content (AvgIpc) is 2.78. The second kappa shape index (κ2) is 10.3. The topological polar surface area (TPSA) is 103 Å². The lowest BCUT2D eigenvalue weighted by atomic mass is 10.0. The minimum absolute atomic E-state index is 0.111. The summed E-state index contributed by atoms with van der Waals surface area (Å²) in [5, 5.41) is 12.7. The van der Waals surface area contributed by atoms with Crippen LogP contribution in [0.3, 0.4) is 0 Å². The van der Waals surface area contributed by atoms with E-state index in [1.54, 1.807) is 18.2 Å². The van der Waals surface area contributed by atoms with Gasteiger partial charge in [-0.3, -0.25) is 0 Å². The van der Waals surface area contributed by atoms with E-state index in [-0.39, 0.29) is 6.01 Å². The number of ether oxygens (including phenoxy) is 3. The molecular weight excluding hydrogens is 398 g/mol. The average molecular weight is 423 g/mol. The zero-order valence-electron chi connectivity index (χ0n) is 17.7. The van der Waals surface area contributed by atoms with Crippen molar-refractivity contribution in [3.05, 3.63) is 65.2 Å². The Hall–Kier alpha value is -3.81. The van der Waals surface area contributed by atoms with Crippen molar-refractivity contribution in [3.8, 4) is 23.5 Å². The van der Waals surface area contributed by atoms with Gasteiger partial charge in [0, 0.05) is 17.8 Å². The smallest absolute Gasteiger partial charge is 0.335 e. The number of hydrogen-bond acceptors (Lipinski definition) is 7. The molecular formula is C23H25N3O5. The number of rotatable bonds is 10. The summed E-state index contributed by atoms with van der Waals surface area (Å²) >= 11 is 0. The highest BCUT2D eigenvalue weighted by molar-refractivity contribution is 5.90. The summed E-state index contributed by atoms with van der Waals surface area (Å²) in [4.78, 5) is 19.8. The largest absolute Gasteiger partial charge is 0.481 e. The number of carbonyl (C=O) groups is 1. The number of benzene rings is 2. The molecule has 2 N–H and O–H groups in total. The highest BCUT2D eigenvalue weighted by atomic mass is 16.5. The SMILES string of the molecule is CCCc1cc(NCc2ccccc2Oc2nc(OC)cc(OC)n2)ccc1C(=O)O. The third kappa shape index (κ3) is 5.63. The number of anilines is 1. The molecule has 0 saturated carbocycles. The van der Waals surface area contributed by atoms with Gasteiger partial charge in [0.15, 0.2) is 0 Å². The standard InChI is InChI=1S/C23H25N3O5/c1-4-7-15-12-17(10-11-18(15)22(27)28)24-14-16-8-5-6-9-19(16)31-23-25-20(29-2)13-21(26-23)30-3/h5-6,8-13,24H,4,7,14H2,1-3H3,(H,27,28). The second-order valence-electron chi connectivity index (χ2n) is 6.73. The Morgan fingerprint density at radius 1 is 1.00 bits per heavy atom. The number of aromatic carboxylic acids is 1. The second-order valence-corrected chi connectivity index (χ2v) is 6.73. The zero-order chi connectivity index (χ0) is 22.2. The van der Waals surface area contributed by atoms with E-state index in [2.05, 4.69) is 15.3 Å². The van der Waals surface area contributed by atoms with Crippen LogP contribution in [-0.2, 0) is 13.0 Å². The monoisotopic (exact) mass is 423 g/mol. The first kappa shape index (κ1) is 21.9. The number of carboxylic acid groups (broad SMARTS) is 1. The summed E-state index contributed by atoms with van der Waals surface area (Å²) in [6.07, 6.45) is 1.57. The number of nitrogens with zero attached hydrogens (tertiary/aromatic N) is 2. The Kier molecular flexibility index (Phi) is 7.26. The molecule has 0 radical (unpaired) electrons. The molecule has 2 aromatic carbocycles. The molecule has 0 spiro atoms. The summed E-state index contributed by atoms with van der Waals surface area (Å²) in [5.41, 5.74) is 2.86. The maximum Gasteiger partial charge on any atom is 0.335 e. The van der Waals surface area contributed by atoms with Crippen LogP contribution in [0.4, 0.5) is 5.69 Å². The third-order valence-corrected chi connectivity index (χ3v) is 4.59. The van der Waals surface area contributed by atoms with Crippen LogP contribution < -0.4 is 19.5 Å². The molecule has 0 fully saturated rings. The van der Waals surface area contributed by atoms with Crippen molar-refractivity contribution in [2.45, 2.75) is 26.3 Å². The number of aromatic nitrogens is 2. The lowest BCUT2D eigenvalue weighted by molar-refractivity contribution is 0.0695. The fraction of sp³-hybridized carbons (Fsp3) is 0.261. The summed E-state index contributed by atoms with van der Waals surface area (Å²) in [6, 6.07) is 14.5. The van der Waals surface area contributed by atoms with Crippen LogP contribution in [0.2, 0.25) is 0 Å². The van der Waals surface area contributed by atoms with Crippen molar-refractivity contribution in [3.63, 3.8) is 0 Å². The van der Waals surface area contributed by atoms with Gasteiger partial charge in [0.05, 0.1) is 25.8 Å². The minimum Gasteiger partial charge on any atom is -0.481 e. The molecule has 1 aromatic heterocycles. The van der Waals surface area contributed by atoms with Crippen LogP contribution in [0.1, 0.15) is 34.8 Å². The van der Waals surface area contributed by atoms with Gasteiger partial charge in [-0.1, -0.05) is 31.5 Å². The Balaban J connectivity index is 1.79. The maximum atomic E-state index is 11.4. The van der Waals surface area contributed by atoms with Gasteiger partial charge in [-0.05, 0) is 36.2 Å². The molecule has 1 heterocycles. The van der Waals surface area contributed by atoms with Gasteiger partial charge in [-0.2, -0.15) is 9.97 Å². The Bertz CT molecular complexity index is 1030. The van der Waals surface area contributed by atoms with Crippen LogP contribution in [0.5, 0.6) is 23.5 Å². The molecule has 0 aliphatic rings. The van der Waals surface area contributed by atoms with E-state index in [0.29, 0.717) is 36.0 Å². The van der Waals surface area contributed by atoms with Crippen molar-refractivity contribution >= 4 is 11.7 Å². The van der Waals surface area contributed by atoms with Gasteiger partial charge in [-0.15, -0.1) is 0 Å². The summed E-state index contributed by atoms with van der Waals surface area (Å²) in [7, 11) is 3.01. The molecule has 0 atom stereocenters. The van der Waals surface area contributed by atoms with Gasteiger partial charge >= 0.3 is 12.0 Å². The Morgan fingerprint density at radius 3 is 2.35 bits per heavy atom. The number of aryl methyl sites for hydroxylation is 1. The van der Waals surface area contributed by atoms with E-state index in [4.69, 9.17) is 14.2 Å². The zero-order valence-corrected chi connectivity index (χ0v) is 17.7. The quantitative estimate of drug-likeness (QED) is 0.490. The number of carboxylic acids is 1. The first-order valence-electron chi connectivity index (χ1n) is 9.87. The van der Waals surface area contributed by atoms with E-state index in [0.717, 1.165) is 23.2 Å². The molecule has 8 heteroatoms. The van der Waals surface area contributed by atoms with Crippen LogP contribution >= 0.6 is 0 Å². The Labute approximate surface area is 180 Å². The minimum atomic E-state index is -0.914. The third-order valence-electron chi connectivity index (χ3n) is 4.59. The van der Waals surface area contributed by atoms with Gasteiger partial charge in [-0.25, -0.2) is 4.79 Å². The van der Waals surface area contributed by atoms with E-state index < -0.39 is 5.97 Å². The molecule has 0 aliphatic heterocycles. The fourth-order valence-electron chi connectivity index (χ4n) is 3.07. The molecule has 3 rings (SSSR count). The number of para-hydroxylation sites is 1. The molecule has 3 aromatic rings. The first-order valence-corrected chi connectivity index (χ1v) is 9.87. The van der Waals surface area contributed by atoms with Gasteiger partial charge in [0.2, 0.25) is 11.8 Å². The van der Waals surface area contributed by atoms with Crippen LogP contribution in [0.15, 0.2) is 48.5 Å². The predicted octanol–water partition coefficient (Wildman–Crippen LogP) is 4.55. The van der Waals surface area contributed by atoms with Crippen LogP contribution in [0.25, 0.3) is 0 Å². The van der Waals surface area contributed by atoms with E-state index >= 15 is 0 Å². The van der Waals surface area contributed by atoms with E-state index in [1.165, 1.54) is 14.2 Å². The molecule has 0 bridgehead atoms. The predicted molar refractivity (Wildman–Crippen MR) is 116 cm³/mol. The lowest BCUT2D eigenvalue weighted by Gasteiger charge is -2.14. The van der Waals surface area contributed by atoms with Crippen molar-refractivity contribution in [2.75, 3.05) is 19.5 Å². The van der Waals surface area contributed by atoms with Crippen LogP contribution in [-0.4, -0.2) is 35.3 Å². The molecule has 0 unspecified atom stereocenters. The molecule has 0 aliphatic carbocycles. The molecule has 0 amide bonds. The number of methoxy groups -OCH3 is 2. The normalized spacial score (nSPS) is 10.4. The summed E-state index contributed by atoms with van der Waals surface area (Å²) < 4.78 is 16.2. The number of nitrogens with one attached hydrogen (secondary N) is 1. The highest BCUT2D eigenvalue weighted by Gasteiger charge is 2.12. The van der Waals surface area contributed by atoms with Crippen molar-refractivity contribution in [2.24, 2.45) is 0 Å². The van der Waals surface area contributed by atoms with Gasteiger partial charge in [0.1, 0.15) is 5.75 Å². The summed E-state index contributed by atoms with van der Waals surface area (Å²) in [5.74, 6) is 0.336. The maximum absolute atomic E-state index is 11.4. The van der Waals surface area contributed by atoms with Gasteiger partial charge in [0.25, 0.3) is 0 Å². The first-order chi connectivity index (χ1) is 15.0. The lowest BCUT2D eigenvalue weighted by Crippen LogP contribution is -2.06. The van der Waals surface area contributed by atoms with Gasteiger partial charge < -0.3 is 24.6 Å². The van der Waals surface area contributed by atoms with Crippen molar-refractivity contribution < 1.29 is 24.1 Å². The highest BCUT2D eigenvalue weighted by Crippen LogP contribution is 2.27. The summed E-state index contributed by atoms with van der Waals surface area (Å²) in [6.45, 7) is 2.49.